The van der Waals surface area contributed by atoms with Crippen molar-refractivity contribution in [3.05, 3.63) is 35.4 Å². The van der Waals surface area contributed by atoms with Crippen LogP contribution in [0.1, 0.15) is 43.2 Å². The molecule has 1 rings (SSSR count). The molecule has 3 nitrogen and oxygen atoms in total. The van der Waals surface area contributed by atoms with E-state index in [1.165, 1.54) is 11.1 Å². The zero-order valence-electron chi connectivity index (χ0n) is 11.8. The molecular weight excluding hydrogens is 238 g/mol. The largest absolute Gasteiger partial charge is 0.396 e. The van der Waals surface area contributed by atoms with Crippen molar-refractivity contribution in [2.75, 3.05) is 13.2 Å². The predicted octanol–water partition coefficient (Wildman–Crippen LogP) is 2.60. The molecule has 1 aromatic rings. The van der Waals surface area contributed by atoms with Gasteiger partial charge >= 0.3 is 0 Å². The van der Waals surface area contributed by atoms with Gasteiger partial charge in [0.25, 0.3) is 0 Å². The van der Waals surface area contributed by atoms with Crippen LogP contribution < -0.4 is 5.32 Å². The van der Waals surface area contributed by atoms with Crippen LogP contribution in [0.25, 0.3) is 0 Å². The van der Waals surface area contributed by atoms with E-state index in [4.69, 9.17) is 5.11 Å². The molecule has 0 fully saturated rings. The first-order valence-electron chi connectivity index (χ1n) is 7.15. The summed E-state index contributed by atoms with van der Waals surface area (Å²) < 4.78 is 0. The van der Waals surface area contributed by atoms with Crippen molar-refractivity contribution in [2.24, 2.45) is 0 Å². The van der Waals surface area contributed by atoms with Gasteiger partial charge in [0.2, 0.25) is 5.91 Å². The molecule has 0 radical (unpaired) electrons. The topological polar surface area (TPSA) is 49.3 Å². The molecule has 1 aromatic carbocycles. The second-order valence-electron chi connectivity index (χ2n) is 4.97. The molecule has 0 aromatic heterocycles. The number of rotatable bonds is 9. The van der Waals surface area contributed by atoms with Gasteiger partial charge < -0.3 is 10.4 Å². The van der Waals surface area contributed by atoms with E-state index >= 15 is 0 Å². The summed E-state index contributed by atoms with van der Waals surface area (Å²) in [5.41, 5.74) is 2.46. The number of nitrogens with one attached hydrogen (secondary N) is 1. The van der Waals surface area contributed by atoms with E-state index < -0.39 is 0 Å². The van der Waals surface area contributed by atoms with E-state index in [0.29, 0.717) is 6.42 Å². The van der Waals surface area contributed by atoms with Gasteiger partial charge in [0.1, 0.15) is 0 Å². The maximum Gasteiger partial charge on any atom is 0.220 e. The van der Waals surface area contributed by atoms with Crippen LogP contribution in [0, 0.1) is 6.92 Å². The van der Waals surface area contributed by atoms with E-state index in [9.17, 15) is 4.79 Å². The first-order chi connectivity index (χ1) is 9.22. The Balaban J connectivity index is 2.06. The van der Waals surface area contributed by atoms with Gasteiger partial charge in [-0.15, -0.1) is 0 Å². The summed E-state index contributed by atoms with van der Waals surface area (Å²) in [6, 6.07) is 8.32. The lowest BCUT2D eigenvalue weighted by Gasteiger charge is -2.05. The molecule has 0 spiro atoms. The highest BCUT2D eigenvalue weighted by Crippen LogP contribution is 2.05. The lowest BCUT2D eigenvalue weighted by molar-refractivity contribution is -0.121. The van der Waals surface area contributed by atoms with Crippen LogP contribution in [0.3, 0.4) is 0 Å². The van der Waals surface area contributed by atoms with Gasteiger partial charge in [-0.05, 0) is 31.7 Å². The first-order valence-corrected chi connectivity index (χ1v) is 7.15. The van der Waals surface area contributed by atoms with E-state index in [1.54, 1.807) is 0 Å². The Labute approximate surface area is 116 Å². The quantitative estimate of drug-likeness (QED) is 0.673. The number of aryl methyl sites for hydroxylation is 2. The maximum absolute atomic E-state index is 11.6. The number of amides is 1. The van der Waals surface area contributed by atoms with E-state index in [-0.39, 0.29) is 12.5 Å². The second kappa shape index (κ2) is 9.56. The third-order valence-corrected chi connectivity index (χ3v) is 3.17. The standard InChI is InChI=1S/C16H25NO2/c1-14-6-8-15(9-7-14)10-11-16(19)17-12-4-2-3-5-13-18/h6-9,18H,2-5,10-13H2,1H3,(H,17,19). The van der Waals surface area contributed by atoms with Crippen LogP contribution in [0.2, 0.25) is 0 Å². The minimum absolute atomic E-state index is 0.128. The third kappa shape index (κ3) is 7.62. The van der Waals surface area contributed by atoms with Crippen molar-refractivity contribution in [3.8, 4) is 0 Å². The molecule has 0 unspecified atom stereocenters. The molecule has 0 saturated heterocycles. The summed E-state index contributed by atoms with van der Waals surface area (Å²) in [6.45, 7) is 3.08. The molecule has 0 saturated carbocycles. The third-order valence-electron chi connectivity index (χ3n) is 3.17. The van der Waals surface area contributed by atoms with Crippen LogP contribution in [0.5, 0.6) is 0 Å². The van der Waals surface area contributed by atoms with Crippen LogP contribution in [0.15, 0.2) is 24.3 Å². The summed E-state index contributed by atoms with van der Waals surface area (Å²) in [5, 5.41) is 11.6. The number of carbonyl (C=O) groups is 1. The average molecular weight is 263 g/mol. The highest BCUT2D eigenvalue weighted by atomic mass is 16.2. The van der Waals surface area contributed by atoms with Gasteiger partial charge in [0.05, 0.1) is 0 Å². The van der Waals surface area contributed by atoms with Crippen LogP contribution >= 0.6 is 0 Å². The SMILES string of the molecule is Cc1ccc(CCC(=O)NCCCCCCO)cc1. The summed E-state index contributed by atoms with van der Waals surface area (Å²) in [5.74, 6) is 0.128. The van der Waals surface area contributed by atoms with Crippen LogP contribution in [0.4, 0.5) is 0 Å². The fraction of sp³-hybridized carbons (Fsp3) is 0.562. The van der Waals surface area contributed by atoms with E-state index in [1.807, 2.05) is 0 Å². The highest BCUT2D eigenvalue weighted by molar-refractivity contribution is 5.76. The fourth-order valence-corrected chi connectivity index (χ4v) is 1.92. The van der Waals surface area contributed by atoms with Crippen LogP contribution in [-0.4, -0.2) is 24.2 Å². The Morgan fingerprint density at radius 2 is 1.79 bits per heavy atom. The Kier molecular flexibility index (Phi) is 7.91. The van der Waals surface area contributed by atoms with Gasteiger partial charge in [-0.2, -0.15) is 0 Å². The van der Waals surface area contributed by atoms with Gasteiger partial charge in [-0.3, -0.25) is 4.79 Å². The minimum Gasteiger partial charge on any atom is -0.396 e. The minimum atomic E-state index is 0.128. The summed E-state index contributed by atoms with van der Waals surface area (Å²) in [7, 11) is 0. The molecule has 0 aliphatic carbocycles. The van der Waals surface area contributed by atoms with Crippen molar-refractivity contribution in [1.29, 1.82) is 0 Å². The van der Waals surface area contributed by atoms with Crippen molar-refractivity contribution >= 4 is 5.91 Å². The lowest BCUT2D eigenvalue weighted by Crippen LogP contribution is -2.24. The normalized spacial score (nSPS) is 10.4. The maximum atomic E-state index is 11.6. The highest BCUT2D eigenvalue weighted by Gasteiger charge is 2.01. The molecule has 0 atom stereocenters. The van der Waals surface area contributed by atoms with Crippen molar-refractivity contribution in [3.63, 3.8) is 0 Å². The summed E-state index contributed by atoms with van der Waals surface area (Å²) in [4.78, 5) is 11.6. The van der Waals surface area contributed by atoms with E-state index in [0.717, 1.165) is 38.6 Å². The number of hydrogen-bond donors (Lipinski definition) is 2. The number of hydrogen-bond acceptors (Lipinski definition) is 2. The number of unbranched alkanes of at least 4 members (excludes halogenated alkanes) is 3. The van der Waals surface area contributed by atoms with Gasteiger partial charge in [-0.1, -0.05) is 42.7 Å². The molecule has 0 bridgehead atoms. The smallest absolute Gasteiger partial charge is 0.220 e. The summed E-state index contributed by atoms with van der Waals surface area (Å²) in [6.07, 6.45) is 5.32. The Morgan fingerprint density at radius 1 is 1.11 bits per heavy atom. The lowest BCUT2D eigenvalue weighted by atomic mass is 10.1. The number of aliphatic hydroxyl groups is 1. The van der Waals surface area contributed by atoms with Gasteiger partial charge in [-0.25, -0.2) is 0 Å². The van der Waals surface area contributed by atoms with Crippen molar-refractivity contribution < 1.29 is 9.90 Å². The number of carbonyl (C=O) groups excluding carboxylic acids is 1. The fourth-order valence-electron chi connectivity index (χ4n) is 1.92. The predicted molar refractivity (Wildman–Crippen MR) is 78.1 cm³/mol. The molecule has 0 aliphatic heterocycles. The molecule has 19 heavy (non-hydrogen) atoms. The molecule has 3 heteroatoms. The van der Waals surface area contributed by atoms with Gasteiger partial charge in [0.15, 0.2) is 0 Å². The van der Waals surface area contributed by atoms with Crippen LogP contribution in [-0.2, 0) is 11.2 Å². The summed E-state index contributed by atoms with van der Waals surface area (Å²) >= 11 is 0. The Hall–Kier alpha value is -1.35. The molecular formula is C16H25NO2. The first kappa shape index (κ1) is 15.7. The monoisotopic (exact) mass is 263 g/mol. The zero-order valence-corrected chi connectivity index (χ0v) is 11.8. The Bertz CT molecular complexity index is 360. The molecule has 0 heterocycles. The van der Waals surface area contributed by atoms with Crippen molar-refractivity contribution in [1.82, 2.24) is 5.32 Å². The Morgan fingerprint density at radius 3 is 2.47 bits per heavy atom. The zero-order chi connectivity index (χ0) is 13.9. The molecule has 106 valence electrons. The number of aliphatic hydroxyl groups excluding tert-OH is 1. The van der Waals surface area contributed by atoms with Crippen molar-refractivity contribution in [2.45, 2.75) is 45.4 Å². The molecule has 0 aliphatic rings. The second-order valence-corrected chi connectivity index (χ2v) is 4.97. The average Bonchev–Trinajstić information content (AvgIpc) is 2.42. The molecule has 2 N–H and O–H groups in total. The van der Waals surface area contributed by atoms with Gasteiger partial charge in [0, 0.05) is 19.6 Å². The van der Waals surface area contributed by atoms with E-state index in [2.05, 4.69) is 36.5 Å². The molecule has 1 amide bonds. The number of benzene rings is 1.